The molecule has 1 rings (SSSR count). The highest BCUT2D eigenvalue weighted by molar-refractivity contribution is 5.50. The highest BCUT2D eigenvalue weighted by atomic mass is 16.5. The predicted molar refractivity (Wildman–Crippen MR) is 68.9 cm³/mol. The number of rotatable bonds is 6. The van der Waals surface area contributed by atoms with E-state index in [9.17, 15) is 5.11 Å². The molecule has 0 spiro atoms. The molecule has 0 aliphatic rings. The van der Waals surface area contributed by atoms with Crippen LogP contribution >= 0.6 is 0 Å². The Bertz CT molecular complexity index is 359. The lowest BCUT2D eigenvalue weighted by molar-refractivity contribution is 0.181. The molecule has 3 nitrogen and oxygen atoms in total. The van der Waals surface area contributed by atoms with Crippen LogP contribution in [0.2, 0.25) is 0 Å². The lowest BCUT2D eigenvalue weighted by Gasteiger charge is -2.15. The van der Waals surface area contributed by atoms with Crippen LogP contribution in [0, 0.1) is 6.92 Å². The average molecular weight is 238 g/mol. The van der Waals surface area contributed by atoms with E-state index in [0.717, 1.165) is 30.8 Å². The van der Waals surface area contributed by atoms with E-state index in [2.05, 4.69) is 6.92 Å². The molecular formula is C14H22O3. The molecule has 0 aromatic heterocycles. The summed E-state index contributed by atoms with van der Waals surface area (Å²) < 4.78 is 10.7. The minimum absolute atomic E-state index is 0.244. The van der Waals surface area contributed by atoms with Gasteiger partial charge in [0.2, 0.25) is 0 Å². The highest BCUT2D eigenvalue weighted by Gasteiger charge is 2.12. The Balaban J connectivity index is 2.87. The van der Waals surface area contributed by atoms with Gasteiger partial charge >= 0.3 is 0 Å². The maximum absolute atomic E-state index is 9.27. The van der Waals surface area contributed by atoms with E-state index in [1.165, 1.54) is 11.1 Å². The van der Waals surface area contributed by atoms with Crippen molar-refractivity contribution in [2.75, 3.05) is 14.2 Å². The molecule has 0 fully saturated rings. The molecule has 1 atom stereocenters. The van der Waals surface area contributed by atoms with Gasteiger partial charge in [-0.15, -0.1) is 0 Å². The molecule has 0 saturated heterocycles. The number of ether oxygens (including phenoxy) is 2. The first-order valence-corrected chi connectivity index (χ1v) is 5.98. The van der Waals surface area contributed by atoms with Crippen LogP contribution in [-0.2, 0) is 6.42 Å². The smallest absolute Gasteiger partial charge is 0.164 e. The molecule has 0 heterocycles. The molecule has 1 unspecified atom stereocenters. The van der Waals surface area contributed by atoms with Crippen molar-refractivity contribution in [3.63, 3.8) is 0 Å². The Morgan fingerprint density at radius 1 is 1.24 bits per heavy atom. The number of hydrogen-bond donors (Lipinski definition) is 1. The number of aryl methyl sites for hydroxylation is 1. The van der Waals surface area contributed by atoms with Gasteiger partial charge in [0.05, 0.1) is 20.3 Å². The van der Waals surface area contributed by atoms with Crippen molar-refractivity contribution >= 4 is 0 Å². The van der Waals surface area contributed by atoms with Crippen molar-refractivity contribution in [3.8, 4) is 11.5 Å². The number of benzene rings is 1. The summed E-state index contributed by atoms with van der Waals surface area (Å²) in [5.74, 6) is 1.59. The van der Waals surface area contributed by atoms with Crippen molar-refractivity contribution in [1.29, 1.82) is 0 Å². The van der Waals surface area contributed by atoms with Gasteiger partial charge < -0.3 is 14.6 Å². The van der Waals surface area contributed by atoms with Gasteiger partial charge in [-0.05, 0) is 44.7 Å². The van der Waals surface area contributed by atoms with E-state index in [4.69, 9.17) is 9.47 Å². The molecule has 1 N–H and O–H groups in total. The van der Waals surface area contributed by atoms with Gasteiger partial charge in [0.15, 0.2) is 11.5 Å². The molecule has 0 bridgehead atoms. The van der Waals surface area contributed by atoms with Crippen LogP contribution in [-0.4, -0.2) is 25.4 Å². The zero-order chi connectivity index (χ0) is 12.8. The molecule has 0 amide bonds. The van der Waals surface area contributed by atoms with Crippen LogP contribution in [0.4, 0.5) is 0 Å². The Hall–Kier alpha value is -1.22. The van der Waals surface area contributed by atoms with Gasteiger partial charge in [-0.25, -0.2) is 0 Å². The summed E-state index contributed by atoms with van der Waals surface area (Å²) in [4.78, 5) is 0. The Labute approximate surface area is 103 Å². The summed E-state index contributed by atoms with van der Waals surface area (Å²) in [6.07, 6.45) is 2.41. The van der Waals surface area contributed by atoms with E-state index in [1.807, 2.05) is 19.1 Å². The largest absolute Gasteiger partial charge is 0.493 e. The van der Waals surface area contributed by atoms with E-state index in [1.54, 1.807) is 14.2 Å². The van der Waals surface area contributed by atoms with Crippen molar-refractivity contribution in [2.24, 2.45) is 0 Å². The van der Waals surface area contributed by atoms with Crippen molar-refractivity contribution in [3.05, 3.63) is 23.3 Å². The van der Waals surface area contributed by atoms with Gasteiger partial charge in [-0.3, -0.25) is 0 Å². The molecule has 1 aromatic carbocycles. The minimum Gasteiger partial charge on any atom is -0.493 e. The molecule has 17 heavy (non-hydrogen) atoms. The van der Waals surface area contributed by atoms with Gasteiger partial charge in [-0.2, -0.15) is 0 Å². The monoisotopic (exact) mass is 238 g/mol. The van der Waals surface area contributed by atoms with E-state index >= 15 is 0 Å². The van der Waals surface area contributed by atoms with Crippen LogP contribution in [0.5, 0.6) is 11.5 Å². The van der Waals surface area contributed by atoms with Gasteiger partial charge in [0, 0.05) is 5.56 Å². The zero-order valence-corrected chi connectivity index (χ0v) is 11.1. The Morgan fingerprint density at radius 2 is 1.94 bits per heavy atom. The average Bonchev–Trinajstić information content (AvgIpc) is 2.30. The number of methoxy groups -OCH3 is 2. The fraction of sp³-hybridized carbons (Fsp3) is 0.571. The molecular weight excluding hydrogens is 216 g/mol. The van der Waals surface area contributed by atoms with Gasteiger partial charge in [-0.1, -0.05) is 6.07 Å². The first kappa shape index (κ1) is 13.8. The molecule has 96 valence electrons. The molecule has 0 aliphatic carbocycles. The standard InChI is InChI=1S/C14H22O3/c1-10-8-9-13(16-3)14(17-4)12(10)7-5-6-11(2)15/h8-9,11,15H,5-7H2,1-4H3. The number of aliphatic hydroxyl groups is 1. The summed E-state index contributed by atoms with van der Waals surface area (Å²) in [6, 6.07) is 3.96. The maximum Gasteiger partial charge on any atom is 0.164 e. The third kappa shape index (κ3) is 3.63. The number of aliphatic hydroxyl groups excluding tert-OH is 1. The van der Waals surface area contributed by atoms with E-state index in [0.29, 0.717) is 0 Å². The summed E-state index contributed by atoms with van der Waals surface area (Å²) in [5.41, 5.74) is 2.38. The lowest BCUT2D eigenvalue weighted by Crippen LogP contribution is -2.03. The molecule has 0 saturated carbocycles. The number of hydrogen-bond acceptors (Lipinski definition) is 3. The van der Waals surface area contributed by atoms with Crippen molar-refractivity contribution in [2.45, 2.75) is 39.2 Å². The van der Waals surface area contributed by atoms with Crippen LogP contribution in [0.25, 0.3) is 0 Å². The molecule has 0 radical (unpaired) electrons. The summed E-state index contributed by atoms with van der Waals surface area (Å²) in [6.45, 7) is 3.88. The Kier molecular flexibility index (Phi) is 5.29. The van der Waals surface area contributed by atoms with E-state index < -0.39 is 0 Å². The summed E-state index contributed by atoms with van der Waals surface area (Å²) >= 11 is 0. The fourth-order valence-corrected chi connectivity index (χ4v) is 1.97. The van der Waals surface area contributed by atoms with Crippen LogP contribution in [0.1, 0.15) is 30.9 Å². The lowest BCUT2D eigenvalue weighted by atomic mass is 10.00. The third-order valence-corrected chi connectivity index (χ3v) is 2.93. The fourth-order valence-electron chi connectivity index (χ4n) is 1.97. The predicted octanol–water partition coefficient (Wildman–Crippen LogP) is 2.72. The van der Waals surface area contributed by atoms with Crippen molar-refractivity contribution in [1.82, 2.24) is 0 Å². The molecule has 3 heteroatoms. The van der Waals surface area contributed by atoms with Crippen LogP contribution in [0.15, 0.2) is 12.1 Å². The second-order valence-electron chi connectivity index (χ2n) is 4.34. The topological polar surface area (TPSA) is 38.7 Å². The minimum atomic E-state index is -0.244. The quantitative estimate of drug-likeness (QED) is 0.828. The van der Waals surface area contributed by atoms with Crippen molar-refractivity contribution < 1.29 is 14.6 Å². The Morgan fingerprint density at radius 3 is 2.47 bits per heavy atom. The highest BCUT2D eigenvalue weighted by Crippen LogP contribution is 2.34. The maximum atomic E-state index is 9.27. The molecule has 1 aromatic rings. The van der Waals surface area contributed by atoms with Crippen LogP contribution in [0.3, 0.4) is 0 Å². The summed E-state index contributed by atoms with van der Waals surface area (Å²) in [5, 5.41) is 9.27. The first-order chi connectivity index (χ1) is 8.10. The summed E-state index contributed by atoms with van der Waals surface area (Å²) in [7, 11) is 3.31. The SMILES string of the molecule is COc1ccc(C)c(CCCC(C)O)c1OC. The second-order valence-corrected chi connectivity index (χ2v) is 4.34. The first-order valence-electron chi connectivity index (χ1n) is 5.98. The second kappa shape index (κ2) is 6.50. The van der Waals surface area contributed by atoms with Crippen LogP contribution < -0.4 is 9.47 Å². The normalized spacial score (nSPS) is 12.3. The van der Waals surface area contributed by atoms with Gasteiger partial charge in [0.25, 0.3) is 0 Å². The molecule has 0 aliphatic heterocycles. The zero-order valence-electron chi connectivity index (χ0n) is 11.1. The van der Waals surface area contributed by atoms with Gasteiger partial charge in [0.1, 0.15) is 0 Å². The third-order valence-electron chi connectivity index (χ3n) is 2.93. The van der Waals surface area contributed by atoms with E-state index in [-0.39, 0.29) is 6.10 Å².